The average molecular weight is 391 g/mol. The molecule has 0 radical (unpaired) electrons. The molecular formula is C23H42OSi2. The van der Waals surface area contributed by atoms with Crippen molar-refractivity contribution < 1.29 is 4.79 Å². The lowest BCUT2D eigenvalue weighted by atomic mass is 10.4. The number of hydrogen-bond acceptors (Lipinski definition) is 1. The van der Waals surface area contributed by atoms with E-state index >= 15 is 0 Å². The van der Waals surface area contributed by atoms with Gasteiger partial charge in [-0.3, -0.25) is 4.79 Å². The van der Waals surface area contributed by atoms with E-state index in [2.05, 4.69) is 106 Å². The summed E-state index contributed by atoms with van der Waals surface area (Å²) in [4.78, 5) is 12.6. The number of carbonyl (C=O) groups excluding carboxylic acids is 1. The average Bonchev–Trinajstić information content (AvgIpc) is 2.45. The van der Waals surface area contributed by atoms with Gasteiger partial charge in [0.15, 0.2) is 0 Å². The second kappa shape index (κ2) is 9.96. The molecular weight excluding hydrogens is 348 g/mol. The molecule has 0 aromatic carbocycles. The maximum absolute atomic E-state index is 12.6. The fourth-order valence-corrected chi connectivity index (χ4v) is 15.6. The number of Topliss-reactive ketones (excluding diaryl/α,β-unsaturated/α-hetero) is 1. The molecule has 1 nitrogen and oxygen atoms in total. The highest BCUT2D eigenvalue weighted by molar-refractivity contribution is 6.91. The molecule has 0 spiro atoms. The molecule has 0 heterocycles. The maximum atomic E-state index is 12.6. The van der Waals surface area contributed by atoms with Gasteiger partial charge < -0.3 is 0 Å². The van der Waals surface area contributed by atoms with E-state index in [1.807, 2.05) is 0 Å². The van der Waals surface area contributed by atoms with E-state index in [1.165, 1.54) is 0 Å². The van der Waals surface area contributed by atoms with Crippen molar-refractivity contribution in [2.45, 2.75) is 116 Å². The van der Waals surface area contributed by atoms with Crippen LogP contribution in [-0.4, -0.2) is 21.9 Å². The van der Waals surface area contributed by atoms with E-state index in [0.29, 0.717) is 33.2 Å². The van der Waals surface area contributed by atoms with Crippen LogP contribution in [0.2, 0.25) is 33.2 Å². The first-order valence-corrected chi connectivity index (χ1v) is 14.8. The minimum atomic E-state index is -1.87. The van der Waals surface area contributed by atoms with E-state index in [-0.39, 0.29) is 5.78 Å². The van der Waals surface area contributed by atoms with Crippen LogP contribution in [0.1, 0.15) is 83.1 Å². The topological polar surface area (TPSA) is 17.1 Å². The molecule has 0 aliphatic heterocycles. The van der Waals surface area contributed by atoms with Crippen LogP contribution in [0.4, 0.5) is 0 Å². The van der Waals surface area contributed by atoms with Crippen molar-refractivity contribution in [1.82, 2.24) is 0 Å². The number of ketones is 1. The van der Waals surface area contributed by atoms with Gasteiger partial charge in [0.05, 0.1) is 0 Å². The normalized spacial score (nSPS) is 12.7. The van der Waals surface area contributed by atoms with Gasteiger partial charge in [-0.1, -0.05) is 83.1 Å². The Kier molecular flexibility index (Phi) is 9.66. The van der Waals surface area contributed by atoms with E-state index < -0.39 is 16.1 Å². The van der Waals surface area contributed by atoms with Gasteiger partial charge in [0.2, 0.25) is 0 Å². The SMILES string of the molecule is CC(C)[Si](C#CC(=O)C#C[Si](C(C)C)(C(C)C)C(C)C)(C(C)C)C(C)C. The van der Waals surface area contributed by atoms with Crippen molar-refractivity contribution >= 4 is 21.9 Å². The van der Waals surface area contributed by atoms with Gasteiger partial charge in [-0.2, -0.15) is 0 Å². The maximum Gasteiger partial charge on any atom is 0.277 e. The van der Waals surface area contributed by atoms with Crippen LogP contribution in [0, 0.1) is 22.9 Å². The van der Waals surface area contributed by atoms with E-state index in [1.54, 1.807) is 0 Å². The minimum Gasteiger partial charge on any atom is -0.270 e. The molecule has 0 saturated carbocycles. The predicted molar refractivity (Wildman–Crippen MR) is 123 cm³/mol. The molecule has 0 N–H and O–H groups in total. The standard InChI is InChI=1S/C23H42OSi2/c1-17(2)25(18(3)4,19(5)6)15-13-23(24)14-16-26(20(7)8,21(9)10)22(11)12/h17-22H,1-12H3. The van der Waals surface area contributed by atoms with Crippen molar-refractivity contribution in [3.8, 4) is 22.9 Å². The number of rotatable bonds is 6. The van der Waals surface area contributed by atoms with Crippen LogP contribution in [0.15, 0.2) is 0 Å². The van der Waals surface area contributed by atoms with Gasteiger partial charge in [0, 0.05) is 0 Å². The zero-order valence-electron chi connectivity index (χ0n) is 19.4. The van der Waals surface area contributed by atoms with Crippen molar-refractivity contribution in [2.24, 2.45) is 0 Å². The van der Waals surface area contributed by atoms with Crippen LogP contribution in [-0.2, 0) is 4.79 Å². The Morgan fingerprint density at radius 2 is 0.692 bits per heavy atom. The summed E-state index contributed by atoms with van der Waals surface area (Å²) in [6, 6.07) is 0. The Labute approximate surface area is 166 Å². The van der Waals surface area contributed by atoms with Gasteiger partial charge >= 0.3 is 0 Å². The molecule has 0 aliphatic rings. The predicted octanol–water partition coefficient (Wildman–Crippen LogP) is 7.00. The summed E-state index contributed by atoms with van der Waals surface area (Å²) in [7, 11) is -3.74. The van der Waals surface area contributed by atoms with Crippen LogP contribution < -0.4 is 0 Å². The molecule has 0 rings (SSSR count). The molecule has 0 bridgehead atoms. The third-order valence-corrected chi connectivity index (χ3v) is 19.1. The lowest BCUT2D eigenvalue weighted by molar-refractivity contribution is -0.108. The molecule has 0 aromatic rings. The quantitative estimate of drug-likeness (QED) is 0.352. The van der Waals surface area contributed by atoms with Gasteiger partial charge in [0.1, 0.15) is 16.1 Å². The van der Waals surface area contributed by atoms with Crippen LogP contribution >= 0.6 is 0 Å². The Hall–Kier alpha value is -0.776. The molecule has 0 saturated heterocycles. The lowest BCUT2D eigenvalue weighted by Gasteiger charge is -2.38. The van der Waals surface area contributed by atoms with E-state index in [9.17, 15) is 4.79 Å². The second-order valence-electron chi connectivity index (χ2n) is 9.62. The van der Waals surface area contributed by atoms with Gasteiger partial charge in [-0.15, -0.1) is 11.1 Å². The van der Waals surface area contributed by atoms with E-state index in [0.717, 1.165) is 0 Å². The second-order valence-corrected chi connectivity index (χ2v) is 20.8. The van der Waals surface area contributed by atoms with Crippen LogP contribution in [0.3, 0.4) is 0 Å². The van der Waals surface area contributed by atoms with Crippen LogP contribution in [0.5, 0.6) is 0 Å². The third kappa shape index (κ3) is 5.14. The highest BCUT2D eigenvalue weighted by atomic mass is 28.3. The van der Waals surface area contributed by atoms with Gasteiger partial charge in [0.25, 0.3) is 5.78 Å². The fraction of sp³-hybridized carbons (Fsp3) is 0.783. The van der Waals surface area contributed by atoms with Gasteiger partial charge in [-0.05, 0) is 45.1 Å². The highest BCUT2D eigenvalue weighted by Crippen LogP contribution is 2.41. The Bertz CT molecular complexity index is 494. The number of hydrogen-bond donors (Lipinski definition) is 0. The largest absolute Gasteiger partial charge is 0.277 e. The number of carbonyl (C=O) groups is 1. The van der Waals surface area contributed by atoms with Crippen molar-refractivity contribution in [2.75, 3.05) is 0 Å². The first-order chi connectivity index (χ1) is 11.8. The summed E-state index contributed by atoms with van der Waals surface area (Å²) in [6.45, 7) is 27.2. The first kappa shape index (κ1) is 25.2. The van der Waals surface area contributed by atoms with Gasteiger partial charge in [-0.25, -0.2) is 0 Å². The Balaban J connectivity index is 5.99. The lowest BCUT2D eigenvalue weighted by Crippen LogP contribution is -2.43. The van der Waals surface area contributed by atoms with Crippen molar-refractivity contribution in [3.63, 3.8) is 0 Å². The van der Waals surface area contributed by atoms with Crippen molar-refractivity contribution in [1.29, 1.82) is 0 Å². The summed E-state index contributed by atoms with van der Waals surface area (Å²) in [5.74, 6) is 5.78. The molecule has 0 amide bonds. The molecule has 3 heteroatoms. The fourth-order valence-electron chi connectivity index (χ4n) is 5.23. The molecule has 0 fully saturated rings. The Morgan fingerprint density at radius 3 is 0.846 bits per heavy atom. The first-order valence-electron chi connectivity index (χ1n) is 10.4. The Morgan fingerprint density at radius 1 is 0.500 bits per heavy atom. The summed E-state index contributed by atoms with van der Waals surface area (Å²) < 4.78 is 0. The molecule has 148 valence electrons. The summed E-state index contributed by atoms with van der Waals surface area (Å²) >= 11 is 0. The highest BCUT2D eigenvalue weighted by Gasteiger charge is 2.43. The summed E-state index contributed by atoms with van der Waals surface area (Å²) in [5.41, 5.74) is 10.2. The minimum absolute atomic E-state index is 0.178. The zero-order valence-corrected chi connectivity index (χ0v) is 21.4. The molecule has 26 heavy (non-hydrogen) atoms. The monoisotopic (exact) mass is 390 g/mol. The molecule has 0 unspecified atom stereocenters. The molecule has 0 atom stereocenters. The van der Waals surface area contributed by atoms with Crippen LogP contribution in [0.25, 0.3) is 0 Å². The smallest absolute Gasteiger partial charge is 0.270 e. The molecule has 0 aromatic heterocycles. The molecule has 0 aliphatic carbocycles. The summed E-state index contributed by atoms with van der Waals surface area (Å²) in [6.07, 6.45) is 0. The zero-order chi connectivity index (χ0) is 20.9. The van der Waals surface area contributed by atoms with Crippen molar-refractivity contribution in [3.05, 3.63) is 0 Å². The summed E-state index contributed by atoms with van der Waals surface area (Å²) in [5, 5.41) is 0. The third-order valence-electron chi connectivity index (χ3n) is 6.52. The van der Waals surface area contributed by atoms with E-state index in [4.69, 9.17) is 0 Å².